The summed E-state index contributed by atoms with van der Waals surface area (Å²) in [5.41, 5.74) is 0.622. The van der Waals surface area contributed by atoms with Crippen LogP contribution in [0.5, 0.6) is 0 Å². The van der Waals surface area contributed by atoms with E-state index in [-0.39, 0.29) is 0 Å². The molecule has 1 aliphatic rings. The van der Waals surface area contributed by atoms with Gasteiger partial charge in [0.15, 0.2) is 5.82 Å². The van der Waals surface area contributed by atoms with E-state index in [1.807, 2.05) is 0 Å². The number of piperidine rings is 1. The molecule has 2 heterocycles. The van der Waals surface area contributed by atoms with Crippen molar-refractivity contribution >= 4 is 5.82 Å². The first kappa shape index (κ1) is 10.9. The summed E-state index contributed by atoms with van der Waals surface area (Å²) >= 11 is 0. The van der Waals surface area contributed by atoms with Crippen molar-refractivity contribution in [3.63, 3.8) is 0 Å². The molecule has 0 radical (unpaired) electrons. The summed E-state index contributed by atoms with van der Waals surface area (Å²) in [5, 5.41) is 17.0. The number of nitrogens with zero attached hydrogens (tertiary/aromatic N) is 4. The van der Waals surface area contributed by atoms with Gasteiger partial charge in [0.05, 0.1) is 11.8 Å². The van der Waals surface area contributed by atoms with E-state index < -0.39 is 0 Å². The van der Waals surface area contributed by atoms with Crippen molar-refractivity contribution in [2.24, 2.45) is 5.92 Å². The smallest absolute Gasteiger partial charge is 0.169 e. The van der Waals surface area contributed by atoms with Gasteiger partial charge in [-0.3, -0.25) is 0 Å². The van der Waals surface area contributed by atoms with Crippen LogP contribution in [0.4, 0.5) is 5.82 Å². The van der Waals surface area contributed by atoms with E-state index >= 15 is 0 Å². The zero-order chi connectivity index (χ0) is 11.5. The number of aromatic nitrogens is 2. The zero-order valence-corrected chi connectivity index (χ0v) is 9.72. The second-order valence-electron chi connectivity index (χ2n) is 4.55. The fraction of sp³-hybridized carbons (Fsp3) is 0.583. The number of hydrogen-bond acceptors (Lipinski definition) is 4. The molecule has 2 unspecified atom stereocenters. The average Bonchev–Trinajstić information content (AvgIpc) is 2.29. The third-order valence-electron chi connectivity index (χ3n) is 3.23. The Morgan fingerprint density at radius 2 is 2.31 bits per heavy atom. The summed E-state index contributed by atoms with van der Waals surface area (Å²) in [7, 11) is 0. The highest BCUT2D eigenvalue weighted by molar-refractivity contribution is 5.53. The van der Waals surface area contributed by atoms with E-state index in [0.717, 1.165) is 31.1 Å². The van der Waals surface area contributed by atoms with Gasteiger partial charge in [0.25, 0.3) is 0 Å². The van der Waals surface area contributed by atoms with Crippen LogP contribution in [0.15, 0.2) is 12.3 Å². The predicted octanol–water partition coefficient (Wildman–Crippen LogP) is 1.97. The average molecular weight is 216 g/mol. The van der Waals surface area contributed by atoms with E-state index in [4.69, 9.17) is 5.26 Å². The normalized spacial score (nSPS) is 25.2. The van der Waals surface area contributed by atoms with Gasteiger partial charge in [0.2, 0.25) is 0 Å². The second-order valence-corrected chi connectivity index (χ2v) is 4.55. The minimum Gasteiger partial charge on any atom is -0.351 e. The Labute approximate surface area is 95.9 Å². The second kappa shape index (κ2) is 4.48. The number of rotatable bonds is 1. The number of anilines is 1. The van der Waals surface area contributed by atoms with Crippen LogP contribution in [0.2, 0.25) is 0 Å². The molecule has 1 fully saturated rings. The van der Waals surface area contributed by atoms with Gasteiger partial charge in [0.1, 0.15) is 6.07 Å². The highest BCUT2D eigenvalue weighted by atomic mass is 15.3. The fourth-order valence-corrected chi connectivity index (χ4v) is 2.35. The Morgan fingerprint density at radius 3 is 3.00 bits per heavy atom. The summed E-state index contributed by atoms with van der Waals surface area (Å²) in [6.07, 6.45) is 3.88. The summed E-state index contributed by atoms with van der Waals surface area (Å²) < 4.78 is 0. The molecular formula is C12H16N4. The molecular weight excluding hydrogens is 200 g/mol. The van der Waals surface area contributed by atoms with Crippen molar-refractivity contribution < 1.29 is 0 Å². The number of nitriles is 1. The summed E-state index contributed by atoms with van der Waals surface area (Å²) in [6.45, 7) is 5.43. The Balaban J connectivity index is 2.27. The first-order valence-corrected chi connectivity index (χ1v) is 5.70. The molecule has 1 aromatic rings. The lowest BCUT2D eigenvalue weighted by Gasteiger charge is -2.37. The number of hydrogen-bond donors (Lipinski definition) is 0. The third-order valence-corrected chi connectivity index (χ3v) is 3.23. The van der Waals surface area contributed by atoms with Crippen molar-refractivity contribution in [2.45, 2.75) is 32.7 Å². The van der Waals surface area contributed by atoms with Crippen LogP contribution in [0.3, 0.4) is 0 Å². The van der Waals surface area contributed by atoms with Crippen LogP contribution in [-0.2, 0) is 0 Å². The molecule has 16 heavy (non-hydrogen) atoms. The third kappa shape index (κ3) is 1.99. The molecule has 2 atom stereocenters. The molecule has 0 N–H and O–H groups in total. The molecule has 0 spiro atoms. The minimum atomic E-state index is 0.438. The maximum absolute atomic E-state index is 9.04. The molecule has 84 valence electrons. The largest absolute Gasteiger partial charge is 0.351 e. The van der Waals surface area contributed by atoms with Gasteiger partial charge >= 0.3 is 0 Å². The first-order valence-electron chi connectivity index (χ1n) is 5.70. The van der Waals surface area contributed by atoms with Crippen LogP contribution >= 0.6 is 0 Å². The molecule has 0 aliphatic carbocycles. The van der Waals surface area contributed by atoms with E-state index in [2.05, 4.69) is 35.0 Å². The molecule has 1 saturated heterocycles. The quantitative estimate of drug-likeness (QED) is 0.720. The van der Waals surface area contributed by atoms with Crippen LogP contribution in [0.1, 0.15) is 32.3 Å². The lowest BCUT2D eigenvalue weighted by Crippen LogP contribution is -2.41. The summed E-state index contributed by atoms with van der Waals surface area (Å²) in [5.74, 6) is 1.50. The molecule has 0 amide bonds. The Morgan fingerprint density at radius 1 is 1.50 bits per heavy atom. The molecule has 1 aliphatic heterocycles. The van der Waals surface area contributed by atoms with Gasteiger partial charge < -0.3 is 4.90 Å². The maximum Gasteiger partial charge on any atom is 0.169 e. The van der Waals surface area contributed by atoms with Crippen molar-refractivity contribution in [2.75, 3.05) is 11.4 Å². The van der Waals surface area contributed by atoms with Gasteiger partial charge in [0, 0.05) is 12.6 Å². The summed E-state index contributed by atoms with van der Waals surface area (Å²) in [4.78, 5) is 2.20. The van der Waals surface area contributed by atoms with Gasteiger partial charge in [-0.15, -0.1) is 5.10 Å². The Hall–Kier alpha value is -1.63. The van der Waals surface area contributed by atoms with Gasteiger partial charge in [-0.2, -0.15) is 10.4 Å². The van der Waals surface area contributed by atoms with Crippen molar-refractivity contribution in [1.82, 2.24) is 10.2 Å². The minimum absolute atomic E-state index is 0.438. The first-order chi connectivity index (χ1) is 7.72. The van der Waals surface area contributed by atoms with E-state index in [1.54, 1.807) is 12.3 Å². The van der Waals surface area contributed by atoms with Crippen molar-refractivity contribution in [3.05, 3.63) is 17.8 Å². The highest BCUT2D eigenvalue weighted by Crippen LogP contribution is 2.27. The van der Waals surface area contributed by atoms with Crippen LogP contribution < -0.4 is 4.90 Å². The van der Waals surface area contributed by atoms with Crippen LogP contribution in [0, 0.1) is 17.2 Å². The molecule has 1 aromatic heterocycles. The van der Waals surface area contributed by atoms with Crippen molar-refractivity contribution in [1.29, 1.82) is 5.26 Å². The molecule has 0 bridgehead atoms. The monoisotopic (exact) mass is 216 g/mol. The summed E-state index contributed by atoms with van der Waals surface area (Å²) in [6, 6.07) is 4.35. The Bertz CT molecular complexity index is 410. The van der Waals surface area contributed by atoms with Gasteiger partial charge in [-0.05, 0) is 31.7 Å². The molecule has 4 heteroatoms. The maximum atomic E-state index is 9.04. The predicted molar refractivity (Wildman–Crippen MR) is 62.0 cm³/mol. The zero-order valence-electron chi connectivity index (χ0n) is 9.72. The lowest BCUT2D eigenvalue weighted by atomic mass is 9.93. The highest BCUT2D eigenvalue weighted by Gasteiger charge is 2.25. The fourth-order valence-electron chi connectivity index (χ4n) is 2.35. The SMILES string of the molecule is CC1CCN(c2nnccc2C#N)C(C)C1. The molecule has 0 saturated carbocycles. The van der Waals surface area contributed by atoms with E-state index in [1.165, 1.54) is 0 Å². The Kier molecular flexibility index (Phi) is 3.04. The van der Waals surface area contributed by atoms with E-state index in [9.17, 15) is 0 Å². The standard InChI is InChI=1S/C12H16N4/c1-9-4-6-16(10(2)7-9)12-11(8-13)3-5-14-15-12/h3,5,9-10H,4,6-7H2,1-2H3. The van der Waals surface area contributed by atoms with Gasteiger partial charge in [-0.25, -0.2) is 0 Å². The molecule has 4 nitrogen and oxygen atoms in total. The topological polar surface area (TPSA) is 52.8 Å². The lowest BCUT2D eigenvalue weighted by molar-refractivity contribution is 0.375. The molecule has 2 rings (SSSR count). The van der Waals surface area contributed by atoms with Gasteiger partial charge in [-0.1, -0.05) is 6.92 Å². The van der Waals surface area contributed by atoms with Crippen LogP contribution in [-0.4, -0.2) is 22.8 Å². The van der Waals surface area contributed by atoms with Crippen LogP contribution in [0.25, 0.3) is 0 Å². The molecule has 0 aromatic carbocycles. The van der Waals surface area contributed by atoms with E-state index in [0.29, 0.717) is 11.6 Å². The van der Waals surface area contributed by atoms with Crippen molar-refractivity contribution in [3.8, 4) is 6.07 Å².